The lowest BCUT2D eigenvalue weighted by Crippen LogP contribution is -2.31. The van der Waals surface area contributed by atoms with E-state index in [2.05, 4.69) is 0 Å². The predicted molar refractivity (Wildman–Crippen MR) is 51.7 cm³/mol. The lowest BCUT2D eigenvalue weighted by molar-refractivity contribution is -0.150. The average molecular weight is 188 g/mol. The largest absolute Gasteiger partial charge is 0.481 e. The Morgan fingerprint density at radius 2 is 2.15 bits per heavy atom. The molecule has 0 aliphatic carbocycles. The molecule has 0 fully saturated rings. The Bertz CT molecular complexity index is 168. The number of carbonyl (C=O) groups is 1. The van der Waals surface area contributed by atoms with Gasteiger partial charge in [0.2, 0.25) is 0 Å². The Labute approximate surface area is 80.1 Å². The molecule has 0 aromatic rings. The molecule has 13 heavy (non-hydrogen) atoms. The molecule has 0 amide bonds. The van der Waals surface area contributed by atoms with Crippen LogP contribution in [0.2, 0.25) is 0 Å². The van der Waals surface area contributed by atoms with E-state index in [0.29, 0.717) is 12.8 Å². The van der Waals surface area contributed by atoms with Crippen molar-refractivity contribution in [2.45, 2.75) is 46.1 Å². The molecular weight excluding hydrogens is 168 g/mol. The van der Waals surface area contributed by atoms with Crippen LogP contribution < -0.4 is 0 Å². The maximum Gasteiger partial charge on any atom is 0.309 e. The van der Waals surface area contributed by atoms with Gasteiger partial charge in [-0.15, -0.1) is 0 Å². The van der Waals surface area contributed by atoms with Crippen LogP contribution in [0.15, 0.2) is 0 Å². The highest BCUT2D eigenvalue weighted by Crippen LogP contribution is 2.30. The molecule has 0 heterocycles. The molecule has 0 spiro atoms. The summed E-state index contributed by atoms with van der Waals surface area (Å²) in [6.45, 7) is 5.68. The van der Waals surface area contributed by atoms with E-state index >= 15 is 0 Å². The number of hydrogen-bond donors (Lipinski definition) is 1. The van der Waals surface area contributed by atoms with Crippen molar-refractivity contribution in [2.24, 2.45) is 5.41 Å². The molecule has 78 valence electrons. The zero-order chi connectivity index (χ0) is 10.5. The summed E-state index contributed by atoms with van der Waals surface area (Å²) in [6.07, 6.45) is 2.18. The van der Waals surface area contributed by atoms with E-state index in [0.717, 1.165) is 6.42 Å². The van der Waals surface area contributed by atoms with Gasteiger partial charge in [-0.25, -0.2) is 0 Å². The summed E-state index contributed by atoms with van der Waals surface area (Å²) in [6, 6.07) is 0. The second kappa shape index (κ2) is 5.22. The smallest absolute Gasteiger partial charge is 0.309 e. The zero-order valence-electron chi connectivity index (χ0n) is 8.96. The Balaban J connectivity index is 4.32. The van der Waals surface area contributed by atoms with Crippen LogP contribution in [0.4, 0.5) is 0 Å². The van der Waals surface area contributed by atoms with Crippen LogP contribution in [0.3, 0.4) is 0 Å². The van der Waals surface area contributed by atoms with Gasteiger partial charge in [-0.2, -0.15) is 0 Å². The summed E-state index contributed by atoms with van der Waals surface area (Å²) < 4.78 is 5.08. The molecule has 2 unspecified atom stereocenters. The van der Waals surface area contributed by atoms with Gasteiger partial charge in [0, 0.05) is 7.11 Å². The average Bonchev–Trinajstić information content (AvgIpc) is 2.04. The van der Waals surface area contributed by atoms with Gasteiger partial charge >= 0.3 is 5.97 Å². The minimum absolute atomic E-state index is 0.00708. The van der Waals surface area contributed by atoms with Crippen LogP contribution in [-0.2, 0) is 9.53 Å². The molecular formula is C10H20O3. The lowest BCUT2D eigenvalue weighted by Gasteiger charge is -2.26. The second-order valence-corrected chi connectivity index (χ2v) is 3.87. The Morgan fingerprint density at radius 3 is 2.46 bits per heavy atom. The van der Waals surface area contributed by atoms with E-state index in [1.165, 1.54) is 0 Å². The Hall–Kier alpha value is -0.570. The third-order valence-corrected chi connectivity index (χ3v) is 2.46. The molecule has 1 N–H and O–H groups in total. The van der Waals surface area contributed by atoms with Crippen molar-refractivity contribution in [2.75, 3.05) is 7.11 Å². The molecule has 0 aromatic carbocycles. The minimum atomic E-state index is -0.724. The normalized spacial score (nSPS) is 17.8. The molecule has 0 aliphatic heterocycles. The van der Waals surface area contributed by atoms with Gasteiger partial charge in [0.25, 0.3) is 0 Å². The molecule has 0 saturated carbocycles. The van der Waals surface area contributed by atoms with Gasteiger partial charge in [-0.05, 0) is 26.7 Å². The molecule has 0 bridgehead atoms. The third kappa shape index (κ3) is 3.77. The van der Waals surface area contributed by atoms with Crippen molar-refractivity contribution in [3.05, 3.63) is 0 Å². The second-order valence-electron chi connectivity index (χ2n) is 3.87. The topological polar surface area (TPSA) is 46.5 Å². The Kier molecular flexibility index (Phi) is 4.99. The monoisotopic (exact) mass is 188 g/mol. The highest BCUT2D eigenvalue weighted by molar-refractivity contribution is 5.74. The maximum atomic E-state index is 11.0. The first kappa shape index (κ1) is 12.4. The molecule has 0 radical (unpaired) electrons. The fraction of sp³-hybridized carbons (Fsp3) is 0.900. The highest BCUT2D eigenvalue weighted by atomic mass is 16.5. The molecule has 3 nitrogen and oxygen atoms in total. The summed E-state index contributed by atoms with van der Waals surface area (Å²) in [4.78, 5) is 11.0. The van der Waals surface area contributed by atoms with Gasteiger partial charge in [-0.1, -0.05) is 13.3 Å². The van der Waals surface area contributed by atoms with Gasteiger partial charge in [0.05, 0.1) is 11.5 Å². The van der Waals surface area contributed by atoms with E-state index in [9.17, 15) is 4.79 Å². The first-order valence-electron chi connectivity index (χ1n) is 4.72. The number of aliphatic carboxylic acids is 1. The first-order valence-corrected chi connectivity index (χ1v) is 4.72. The molecule has 0 aliphatic rings. The van der Waals surface area contributed by atoms with Crippen LogP contribution in [0.5, 0.6) is 0 Å². The van der Waals surface area contributed by atoms with Gasteiger partial charge in [0.15, 0.2) is 0 Å². The number of carboxylic acid groups (broad SMARTS) is 1. The van der Waals surface area contributed by atoms with Crippen molar-refractivity contribution in [1.29, 1.82) is 0 Å². The SMILES string of the molecule is CCCC(C)(CC(C)OC)C(=O)O. The standard InChI is InChI=1S/C10H20O3/c1-5-6-10(3,9(11)12)7-8(2)13-4/h8H,5-7H2,1-4H3,(H,11,12). The molecule has 0 rings (SSSR count). The van der Waals surface area contributed by atoms with Gasteiger partial charge < -0.3 is 9.84 Å². The van der Waals surface area contributed by atoms with Crippen molar-refractivity contribution in [3.8, 4) is 0 Å². The molecule has 2 atom stereocenters. The fourth-order valence-corrected chi connectivity index (χ4v) is 1.57. The van der Waals surface area contributed by atoms with Crippen molar-refractivity contribution in [3.63, 3.8) is 0 Å². The van der Waals surface area contributed by atoms with E-state index in [1.807, 2.05) is 13.8 Å². The first-order chi connectivity index (χ1) is 5.96. The summed E-state index contributed by atoms with van der Waals surface area (Å²) in [5, 5.41) is 9.05. The number of ether oxygens (including phenoxy) is 1. The molecule has 0 aromatic heterocycles. The summed E-state index contributed by atoms with van der Waals surface area (Å²) >= 11 is 0. The fourth-order valence-electron chi connectivity index (χ4n) is 1.57. The van der Waals surface area contributed by atoms with Crippen LogP contribution in [0, 0.1) is 5.41 Å². The highest BCUT2D eigenvalue weighted by Gasteiger charge is 2.33. The van der Waals surface area contributed by atoms with Crippen molar-refractivity contribution < 1.29 is 14.6 Å². The van der Waals surface area contributed by atoms with E-state index in [-0.39, 0.29) is 6.10 Å². The van der Waals surface area contributed by atoms with Gasteiger partial charge in [-0.3, -0.25) is 4.79 Å². The number of methoxy groups -OCH3 is 1. The minimum Gasteiger partial charge on any atom is -0.481 e. The summed E-state index contributed by atoms with van der Waals surface area (Å²) in [7, 11) is 1.61. The van der Waals surface area contributed by atoms with Crippen molar-refractivity contribution >= 4 is 5.97 Å². The summed E-state index contributed by atoms with van der Waals surface area (Å²) in [5.41, 5.74) is -0.635. The number of carboxylic acids is 1. The van der Waals surface area contributed by atoms with E-state index < -0.39 is 11.4 Å². The third-order valence-electron chi connectivity index (χ3n) is 2.46. The van der Waals surface area contributed by atoms with Crippen LogP contribution in [0.25, 0.3) is 0 Å². The number of hydrogen-bond acceptors (Lipinski definition) is 2. The van der Waals surface area contributed by atoms with Crippen molar-refractivity contribution in [1.82, 2.24) is 0 Å². The predicted octanol–water partition coefficient (Wildman–Crippen LogP) is 2.30. The number of rotatable bonds is 6. The van der Waals surface area contributed by atoms with Crippen LogP contribution in [-0.4, -0.2) is 24.3 Å². The molecule has 3 heteroatoms. The summed E-state index contributed by atoms with van der Waals surface area (Å²) in [5.74, 6) is -0.724. The maximum absolute atomic E-state index is 11.0. The zero-order valence-corrected chi connectivity index (χ0v) is 8.96. The Morgan fingerprint density at radius 1 is 1.62 bits per heavy atom. The van der Waals surface area contributed by atoms with Gasteiger partial charge in [0.1, 0.15) is 0 Å². The lowest BCUT2D eigenvalue weighted by atomic mass is 9.80. The van der Waals surface area contributed by atoms with E-state index in [4.69, 9.17) is 9.84 Å². The van der Waals surface area contributed by atoms with E-state index in [1.54, 1.807) is 14.0 Å². The van der Waals surface area contributed by atoms with Crippen LogP contribution >= 0.6 is 0 Å². The van der Waals surface area contributed by atoms with Crippen LogP contribution in [0.1, 0.15) is 40.0 Å². The molecule has 0 saturated heterocycles. The quantitative estimate of drug-likeness (QED) is 0.695.